The van der Waals surface area contributed by atoms with Crippen molar-refractivity contribution in [1.29, 1.82) is 5.26 Å². The zero-order valence-corrected chi connectivity index (χ0v) is 22.2. The van der Waals surface area contributed by atoms with Crippen LogP contribution in [0.15, 0.2) is 30.5 Å². The lowest BCUT2D eigenvalue weighted by Gasteiger charge is -2.36. The maximum Gasteiger partial charge on any atom is 0.410 e. The Hall–Kier alpha value is -3.39. The van der Waals surface area contributed by atoms with Gasteiger partial charge in [0.25, 0.3) is 5.91 Å². The van der Waals surface area contributed by atoms with E-state index in [4.69, 9.17) is 21.4 Å². The lowest BCUT2D eigenvalue weighted by atomic mass is 10.0. The van der Waals surface area contributed by atoms with Crippen LogP contribution in [0.1, 0.15) is 36.7 Å². The number of rotatable bonds is 6. The molecule has 11 heteroatoms. The third-order valence-electron chi connectivity index (χ3n) is 5.79. The van der Waals surface area contributed by atoms with E-state index in [2.05, 4.69) is 11.1 Å². The number of aliphatic hydroxyl groups excluding tert-OH is 2. The van der Waals surface area contributed by atoms with E-state index in [1.54, 1.807) is 35.4 Å². The summed E-state index contributed by atoms with van der Waals surface area (Å²) < 4.78 is 5.44. The van der Waals surface area contributed by atoms with E-state index in [0.717, 1.165) is 0 Å². The molecule has 0 spiro atoms. The quantitative estimate of drug-likeness (QED) is 0.584. The topological polar surface area (TPSA) is 130 Å². The van der Waals surface area contributed by atoms with Gasteiger partial charge in [0.2, 0.25) is 0 Å². The fourth-order valence-electron chi connectivity index (χ4n) is 3.91. The summed E-state index contributed by atoms with van der Waals surface area (Å²) >= 11 is 6.40. The predicted molar refractivity (Wildman–Crippen MR) is 139 cm³/mol. The van der Waals surface area contributed by atoms with Crippen molar-refractivity contribution in [2.24, 2.45) is 0 Å². The number of amides is 2. The van der Waals surface area contributed by atoms with E-state index in [1.807, 2.05) is 25.7 Å². The summed E-state index contributed by atoms with van der Waals surface area (Å²) in [6.07, 6.45) is 0.250. The van der Waals surface area contributed by atoms with Gasteiger partial charge in [0, 0.05) is 51.5 Å². The minimum atomic E-state index is -1.04. The maximum atomic E-state index is 12.7. The number of nitrogens with zero attached hydrogens (tertiary/aromatic N) is 5. The van der Waals surface area contributed by atoms with E-state index < -0.39 is 18.3 Å². The third-order valence-corrected chi connectivity index (χ3v) is 6.11. The largest absolute Gasteiger partial charge is 0.444 e. The Bertz CT molecular complexity index is 1180. The highest BCUT2D eigenvalue weighted by Crippen LogP contribution is 2.29. The number of anilines is 1. The van der Waals surface area contributed by atoms with Gasteiger partial charge < -0.3 is 29.6 Å². The number of halogens is 1. The van der Waals surface area contributed by atoms with E-state index in [0.29, 0.717) is 48.7 Å². The lowest BCUT2D eigenvalue weighted by Crippen LogP contribution is -2.50. The minimum Gasteiger partial charge on any atom is -0.444 e. The van der Waals surface area contributed by atoms with Crippen LogP contribution < -0.4 is 4.90 Å². The molecular formula is C26H32ClN5O5. The van der Waals surface area contributed by atoms with Gasteiger partial charge in [0.05, 0.1) is 28.9 Å². The Labute approximate surface area is 221 Å². The molecule has 2 aromatic rings. The molecule has 2 amide bonds. The van der Waals surface area contributed by atoms with Crippen molar-refractivity contribution in [2.45, 2.75) is 32.5 Å². The first-order valence-electron chi connectivity index (χ1n) is 11.9. The Morgan fingerprint density at radius 3 is 2.46 bits per heavy atom. The molecule has 0 bridgehead atoms. The number of carbonyl (C=O) groups excluding carboxylic acids is 2. The highest BCUT2D eigenvalue weighted by molar-refractivity contribution is 6.34. The van der Waals surface area contributed by atoms with Crippen molar-refractivity contribution >= 4 is 29.4 Å². The average molecular weight is 530 g/mol. The molecule has 2 N–H and O–H groups in total. The van der Waals surface area contributed by atoms with Gasteiger partial charge in [0.15, 0.2) is 0 Å². The van der Waals surface area contributed by atoms with Crippen molar-refractivity contribution in [3.63, 3.8) is 0 Å². The average Bonchev–Trinajstić information content (AvgIpc) is 2.86. The number of likely N-dealkylation sites (N-methyl/N-ethyl adjacent to an activating group) is 1. The highest BCUT2D eigenvalue weighted by atomic mass is 35.5. The number of nitriles is 1. The summed E-state index contributed by atoms with van der Waals surface area (Å²) in [7, 11) is 1.51. The number of piperazine rings is 1. The van der Waals surface area contributed by atoms with Crippen molar-refractivity contribution in [3.8, 4) is 17.2 Å². The Kier molecular flexibility index (Phi) is 8.97. The summed E-state index contributed by atoms with van der Waals surface area (Å²) in [5, 5.41) is 28.6. The Morgan fingerprint density at radius 2 is 1.89 bits per heavy atom. The van der Waals surface area contributed by atoms with Crippen molar-refractivity contribution in [3.05, 3.63) is 46.6 Å². The summed E-state index contributed by atoms with van der Waals surface area (Å²) in [5.41, 5.74) is 1.43. The van der Waals surface area contributed by atoms with Gasteiger partial charge in [0.1, 0.15) is 17.5 Å². The van der Waals surface area contributed by atoms with E-state index in [1.165, 1.54) is 11.9 Å². The van der Waals surface area contributed by atoms with Gasteiger partial charge in [-0.25, -0.2) is 9.78 Å². The number of hydrogen-bond acceptors (Lipinski definition) is 8. The van der Waals surface area contributed by atoms with Gasteiger partial charge in [-0.2, -0.15) is 5.26 Å². The second-order valence-electron chi connectivity index (χ2n) is 9.88. The van der Waals surface area contributed by atoms with Crippen LogP contribution >= 0.6 is 11.6 Å². The van der Waals surface area contributed by atoms with Crippen LogP contribution in [-0.2, 0) is 4.74 Å². The molecule has 37 heavy (non-hydrogen) atoms. The molecule has 0 radical (unpaired) electrons. The number of ether oxygens (including phenoxy) is 1. The van der Waals surface area contributed by atoms with Crippen molar-refractivity contribution in [2.75, 3.05) is 51.3 Å². The molecule has 1 aromatic heterocycles. The molecule has 1 unspecified atom stereocenters. The summed E-state index contributed by atoms with van der Waals surface area (Å²) in [5.74, 6) is 0.151. The molecule has 0 aliphatic carbocycles. The summed E-state index contributed by atoms with van der Waals surface area (Å²) in [6.45, 7) is 6.94. The van der Waals surface area contributed by atoms with Crippen LogP contribution in [-0.4, -0.2) is 95.1 Å². The first-order valence-corrected chi connectivity index (χ1v) is 12.3. The number of aliphatic hydroxyl groups is 2. The van der Waals surface area contributed by atoms with E-state index in [-0.39, 0.29) is 29.1 Å². The minimum absolute atomic E-state index is 0.0314. The second kappa shape index (κ2) is 11.8. The molecule has 3 rings (SSSR count). The molecule has 1 aliphatic rings. The fraction of sp³-hybridized carbons (Fsp3) is 0.462. The number of aromatic nitrogens is 1. The summed E-state index contributed by atoms with van der Waals surface area (Å²) in [4.78, 5) is 34.4. The number of pyridine rings is 1. The molecule has 1 aromatic carbocycles. The molecule has 1 aliphatic heterocycles. The second-order valence-corrected chi connectivity index (χ2v) is 10.3. The third kappa shape index (κ3) is 7.10. The van der Waals surface area contributed by atoms with E-state index >= 15 is 0 Å². The normalized spacial score (nSPS) is 14.6. The number of carbonyl (C=O) groups is 2. The fourth-order valence-corrected chi connectivity index (χ4v) is 4.17. The van der Waals surface area contributed by atoms with Crippen LogP contribution in [0.4, 0.5) is 10.6 Å². The van der Waals surface area contributed by atoms with E-state index in [9.17, 15) is 20.0 Å². The molecule has 1 fully saturated rings. The lowest BCUT2D eigenvalue weighted by molar-refractivity contribution is 0.0240. The molecule has 10 nitrogen and oxygen atoms in total. The monoisotopic (exact) mass is 529 g/mol. The van der Waals surface area contributed by atoms with Gasteiger partial charge in [-0.05, 0) is 44.5 Å². The molecule has 1 atom stereocenters. The van der Waals surface area contributed by atoms with Crippen LogP contribution in [0, 0.1) is 11.3 Å². The Balaban J connectivity index is 1.73. The highest BCUT2D eigenvalue weighted by Gasteiger charge is 2.27. The predicted octanol–water partition coefficient (Wildman–Crippen LogP) is 2.76. The van der Waals surface area contributed by atoms with Gasteiger partial charge in [-0.15, -0.1) is 0 Å². The van der Waals surface area contributed by atoms with Crippen LogP contribution in [0.3, 0.4) is 0 Å². The zero-order chi connectivity index (χ0) is 27.3. The van der Waals surface area contributed by atoms with Crippen LogP contribution in [0.2, 0.25) is 5.02 Å². The summed E-state index contributed by atoms with van der Waals surface area (Å²) in [6, 6.07) is 8.85. The number of benzene rings is 1. The van der Waals surface area contributed by atoms with Crippen LogP contribution in [0.25, 0.3) is 11.1 Å². The van der Waals surface area contributed by atoms with Gasteiger partial charge in [-0.1, -0.05) is 17.7 Å². The molecule has 2 heterocycles. The smallest absolute Gasteiger partial charge is 0.410 e. The first kappa shape index (κ1) is 28.2. The SMILES string of the molecule is CN(CC(O)CO)C(=O)c1ccc(-c2cnc(N3CCN(C(=O)OC(C)(C)C)CC3)c(C#N)c2)cc1Cl. The first-order chi connectivity index (χ1) is 17.4. The van der Waals surface area contributed by atoms with Gasteiger partial charge >= 0.3 is 6.09 Å². The van der Waals surface area contributed by atoms with Gasteiger partial charge in [-0.3, -0.25) is 4.79 Å². The van der Waals surface area contributed by atoms with Crippen molar-refractivity contribution in [1.82, 2.24) is 14.8 Å². The molecule has 0 saturated carbocycles. The number of hydrogen-bond donors (Lipinski definition) is 2. The standard InChI is InChI=1S/C26H32ClN5O5/c1-26(2,3)37-25(36)32-9-7-31(8-10-32)23-18(13-28)11-19(14-29-23)17-5-6-21(22(27)12-17)24(35)30(4)15-20(34)16-33/h5-6,11-12,14,20,33-34H,7-10,15-16H2,1-4H3. The zero-order valence-electron chi connectivity index (χ0n) is 21.4. The molecular weight excluding hydrogens is 498 g/mol. The molecule has 1 saturated heterocycles. The Morgan fingerprint density at radius 1 is 1.22 bits per heavy atom. The van der Waals surface area contributed by atoms with Crippen LogP contribution in [0.5, 0.6) is 0 Å². The molecule has 198 valence electrons. The maximum absolute atomic E-state index is 12.7. The van der Waals surface area contributed by atoms with Crippen molar-refractivity contribution < 1.29 is 24.5 Å².